The van der Waals surface area contributed by atoms with E-state index in [1.165, 1.54) is 89.9 Å². The van der Waals surface area contributed by atoms with Gasteiger partial charge in [-0.25, -0.2) is 13.7 Å². The molecule has 0 heterocycles. The summed E-state index contributed by atoms with van der Waals surface area (Å²) in [6, 6.07) is 0. The highest BCUT2D eigenvalue weighted by Gasteiger charge is 2.56. The highest BCUT2D eigenvalue weighted by Crippen LogP contribution is 2.51. The smallest absolute Gasteiger partial charge is 0.462 e. The molecule has 19 nitrogen and oxygen atoms in total. The Morgan fingerprint density at radius 1 is 0.463 bits per heavy atom. The zero-order valence-electron chi connectivity index (χ0n) is 40.2. The van der Waals surface area contributed by atoms with Crippen molar-refractivity contribution in [1.29, 1.82) is 0 Å². The first-order valence-corrected chi connectivity index (χ1v) is 29.5. The van der Waals surface area contributed by atoms with Crippen molar-refractivity contribution in [2.75, 3.05) is 13.2 Å². The summed E-state index contributed by atoms with van der Waals surface area (Å²) >= 11 is 0. The molecule has 1 saturated carbocycles. The zero-order valence-corrected chi connectivity index (χ0v) is 42.9. The van der Waals surface area contributed by atoms with Gasteiger partial charge in [0.05, 0.1) is 6.61 Å². The molecule has 1 fully saturated rings. The minimum absolute atomic E-state index is 0.00295. The third-order valence-electron chi connectivity index (χ3n) is 11.6. The van der Waals surface area contributed by atoms with Gasteiger partial charge in [-0.15, -0.1) is 0 Å². The Morgan fingerprint density at radius 2 is 0.821 bits per heavy atom. The van der Waals surface area contributed by atoms with Crippen molar-refractivity contribution < 1.29 is 90.6 Å². The monoisotopic (exact) mass is 1020 g/mol. The average molecular weight is 1030 g/mol. The van der Waals surface area contributed by atoms with Gasteiger partial charge in [0.15, 0.2) is 6.10 Å². The van der Waals surface area contributed by atoms with Crippen molar-refractivity contribution in [2.24, 2.45) is 0 Å². The van der Waals surface area contributed by atoms with Crippen LogP contribution in [0, 0.1) is 0 Å². The Morgan fingerprint density at radius 3 is 1.25 bits per heavy atom. The largest absolute Gasteiger partial charge is 0.472 e. The normalized spacial score (nSPS) is 21.6. The maximum Gasteiger partial charge on any atom is 0.472 e. The van der Waals surface area contributed by atoms with Gasteiger partial charge in [0.2, 0.25) is 0 Å². The van der Waals surface area contributed by atoms with E-state index in [4.69, 9.17) is 18.5 Å². The summed E-state index contributed by atoms with van der Waals surface area (Å²) in [5, 5.41) is 31.9. The molecule has 0 saturated heterocycles. The Bertz CT molecular complexity index is 1460. The maximum absolute atomic E-state index is 13.1. The summed E-state index contributed by atoms with van der Waals surface area (Å²) < 4.78 is 65.5. The van der Waals surface area contributed by atoms with E-state index >= 15 is 0 Å². The molecule has 1 aliphatic rings. The van der Waals surface area contributed by atoms with E-state index in [-0.39, 0.29) is 12.8 Å². The highest BCUT2D eigenvalue weighted by atomic mass is 31.2. The molecular weight excluding hydrogens is 937 g/mol. The molecule has 0 bridgehead atoms. The molecule has 0 amide bonds. The first kappa shape index (κ1) is 63.9. The molecule has 8 atom stereocenters. The number of hydrogen-bond donors (Lipinski definition) is 8. The molecule has 5 unspecified atom stereocenters. The van der Waals surface area contributed by atoms with Crippen LogP contribution in [-0.4, -0.2) is 108 Å². The van der Waals surface area contributed by atoms with Crippen LogP contribution < -0.4 is 0 Å². The lowest BCUT2D eigenvalue weighted by Gasteiger charge is -2.44. The van der Waals surface area contributed by atoms with Crippen LogP contribution >= 0.6 is 23.5 Å². The van der Waals surface area contributed by atoms with Gasteiger partial charge in [-0.05, 0) is 38.5 Å². The Labute approximate surface area is 399 Å². The number of esters is 2. The second kappa shape index (κ2) is 37.6. The fraction of sp³-hybridized carbons (Fsp3) is 0.911. The molecule has 1 aliphatic carbocycles. The summed E-state index contributed by atoms with van der Waals surface area (Å²) in [7, 11) is -16.6. The van der Waals surface area contributed by atoms with Crippen molar-refractivity contribution >= 4 is 35.4 Å². The van der Waals surface area contributed by atoms with E-state index in [0.717, 1.165) is 77.0 Å². The molecule has 0 aromatic rings. The SMILES string of the molecule is CCCCCCC=CCCCCCCCCCC(=O)OC[C@H](COP(=O)(O)O[C@H]1C(O)C(O)C(OP(=O)(O)O)[C@@H](OP(=O)(O)O)C1O)OC(=O)CCCCCCCCCCCCCCCCC. The number of rotatable bonds is 43. The van der Waals surface area contributed by atoms with Crippen molar-refractivity contribution in [1.82, 2.24) is 0 Å². The number of ether oxygens (including phenoxy) is 2. The predicted octanol–water partition coefficient (Wildman–Crippen LogP) is 9.29. The van der Waals surface area contributed by atoms with Gasteiger partial charge in [-0.1, -0.05) is 167 Å². The number of phosphoric acid groups is 3. The van der Waals surface area contributed by atoms with Crippen LogP contribution in [0.5, 0.6) is 0 Å². The Balaban J connectivity index is 2.70. The third-order valence-corrected chi connectivity index (χ3v) is 13.6. The van der Waals surface area contributed by atoms with Gasteiger partial charge in [-0.2, -0.15) is 0 Å². The van der Waals surface area contributed by atoms with Gasteiger partial charge in [0.1, 0.15) is 43.2 Å². The number of carbonyl (C=O) groups is 2. The lowest BCUT2D eigenvalue weighted by molar-refractivity contribution is -0.213. The second-order valence-electron chi connectivity index (χ2n) is 17.8. The number of aliphatic hydroxyl groups is 3. The van der Waals surface area contributed by atoms with Crippen LogP contribution in [-0.2, 0) is 50.9 Å². The van der Waals surface area contributed by atoms with Crippen molar-refractivity contribution in [3.63, 3.8) is 0 Å². The van der Waals surface area contributed by atoms with E-state index < -0.39 is 91.3 Å². The molecule has 0 spiro atoms. The molecule has 396 valence electrons. The summed E-state index contributed by atoms with van der Waals surface area (Å²) in [6.07, 6.45) is 19.3. The van der Waals surface area contributed by atoms with Gasteiger partial charge >= 0.3 is 35.4 Å². The molecule has 67 heavy (non-hydrogen) atoms. The molecule has 22 heteroatoms. The number of carbonyl (C=O) groups excluding carboxylic acids is 2. The van der Waals surface area contributed by atoms with Crippen LogP contribution in [0.3, 0.4) is 0 Å². The first-order valence-electron chi connectivity index (χ1n) is 25.0. The number of aliphatic hydroxyl groups excluding tert-OH is 3. The molecule has 1 rings (SSSR count). The van der Waals surface area contributed by atoms with Crippen LogP contribution in [0.4, 0.5) is 0 Å². The minimum atomic E-state index is -5.60. The number of phosphoric ester groups is 3. The lowest BCUT2D eigenvalue weighted by atomic mass is 9.85. The van der Waals surface area contributed by atoms with Gasteiger partial charge in [0, 0.05) is 12.8 Å². The predicted molar refractivity (Wildman–Crippen MR) is 252 cm³/mol. The summed E-state index contributed by atoms with van der Waals surface area (Å²) in [4.78, 5) is 73.3. The molecule has 0 radical (unpaired) electrons. The molecule has 0 aromatic carbocycles. The van der Waals surface area contributed by atoms with Gasteiger partial charge in [-0.3, -0.25) is 27.7 Å². The van der Waals surface area contributed by atoms with Gasteiger partial charge in [0.25, 0.3) is 0 Å². The Kier molecular flexibility index (Phi) is 35.9. The molecular formula is C45H87O19P3. The minimum Gasteiger partial charge on any atom is -0.462 e. The zero-order chi connectivity index (χ0) is 50.0. The van der Waals surface area contributed by atoms with E-state index in [0.29, 0.717) is 12.8 Å². The van der Waals surface area contributed by atoms with E-state index in [2.05, 4.69) is 35.0 Å². The standard InChI is InChI=1S/C45H87O19P3/c1-3-5-7-9-11-13-15-17-19-21-23-25-27-29-31-33-38(46)59-35-37(61-39(47)34-32-30-28-26-24-22-20-18-16-14-12-10-8-6-4-2)36-60-67(57,58)64-43-40(48)41(49)44(62-65(51,52)53)45(42(43)50)63-66(54,55)56/h13,15,37,40-45,48-50H,3-12,14,16-36H2,1-2H3,(H,57,58)(H2,51,52,53)(H2,54,55,56)/t37-,40?,41?,42?,43+,44?,45+/m1/s1. The summed E-state index contributed by atoms with van der Waals surface area (Å²) in [6.45, 7) is 2.95. The lowest BCUT2D eigenvalue weighted by Crippen LogP contribution is -2.65. The molecule has 0 aliphatic heterocycles. The highest BCUT2D eigenvalue weighted by molar-refractivity contribution is 7.47. The number of allylic oxidation sites excluding steroid dienone is 2. The van der Waals surface area contributed by atoms with Crippen molar-refractivity contribution in [2.45, 2.75) is 249 Å². The van der Waals surface area contributed by atoms with Crippen LogP contribution in [0.1, 0.15) is 206 Å². The Hall–Kier alpha value is -1.11. The van der Waals surface area contributed by atoms with E-state index in [1.54, 1.807) is 0 Å². The fourth-order valence-corrected chi connectivity index (χ4v) is 9.91. The van der Waals surface area contributed by atoms with Crippen LogP contribution in [0.25, 0.3) is 0 Å². The topological polar surface area (TPSA) is 303 Å². The molecule has 8 N–H and O–H groups in total. The fourth-order valence-electron chi connectivity index (χ4n) is 7.81. The first-order chi connectivity index (χ1) is 31.8. The van der Waals surface area contributed by atoms with Gasteiger partial charge < -0.3 is 49.3 Å². The summed E-state index contributed by atoms with van der Waals surface area (Å²) in [5.41, 5.74) is 0. The second-order valence-corrected chi connectivity index (χ2v) is 21.5. The van der Waals surface area contributed by atoms with Crippen molar-refractivity contribution in [3.8, 4) is 0 Å². The van der Waals surface area contributed by atoms with E-state index in [1.807, 2.05) is 0 Å². The number of unbranched alkanes of at least 4 members (excludes halogenated alkanes) is 25. The maximum atomic E-state index is 13.1. The van der Waals surface area contributed by atoms with E-state index in [9.17, 15) is 63.1 Å². The van der Waals surface area contributed by atoms with Crippen molar-refractivity contribution in [3.05, 3.63) is 12.2 Å². The van der Waals surface area contributed by atoms with Crippen LogP contribution in [0.15, 0.2) is 12.2 Å². The third kappa shape index (κ3) is 34.0. The summed E-state index contributed by atoms with van der Waals surface area (Å²) in [5.74, 6) is -1.29. The van der Waals surface area contributed by atoms with Crippen LogP contribution in [0.2, 0.25) is 0 Å². The number of hydrogen-bond acceptors (Lipinski definition) is 14. The molecule has 0 aromatic heterocycles. The average Bonchev–Trinajstić information content (AvgIpc) is 3.25. The quantitative estimate of drug-likeness (QED) is 0.0122.